The summed E-state index contributed by atoms with van der Waals surface area (Å²) in [5, 5.41) is 12.8. The number of thioether (sulfide) groups is 1. The first-order valence-corrected chi connectivity index (χ1v) is 6.70. The van der Waals surface area contributed by atoms with Crippen molar-refractivity contribution in [3.05, 3.63) is 5.01 Å². The third-order valence-corrected chi connectivity index (χ3v) is 4.15. The number of nitrogens with two attached hydrogens (primary N) is 1. The van der Waals surface area contributed by atoms with E-state index >= 15 is 0 Å². The molecule has 6 heteroatoms. The Hall–Kier alpha value is -0.330. The van der Waals surface area contributed by atoms with E-state index in [9.17, 15) is 0 Å². The minimum Gasteiger partial charge on any atom is -0.374 e. The maximum Gasteiger partial charge on any atom is 0.203 e. The number of anilines is 1. The second-order valence-corrected chi connectivity index (χ2v) is 5.57. The highest BCUT2D eigenvalue weighted by molar-refractivity contribution is 7.99. The fourth-order valence-electron chi connectivity index (χ4n) is 1.47. The van der Waals surface area contributed by atoms with Crippen LogP contribution in [0.15, 0.2) is 0 Å². The molecule has 2 rings (SSSR count). The van der Waals surface area contributed by atoms with Gasteiger partial charge in [-0.3, -0.25) is 0 Å². The summed E-state index contributed by atoms with van der Waals surface area (Å²) in [6.07, 6.45) is 2.60. The molecule has 0 aliphatic carbocycles. The van der Waals surface area contributed by atoms with Crippen LogP contribution in [-0.2, 0) is 6.54 Å². The molecule has 0 bridgehead atoms. The van der Waals surface area contributed by atoms with Crippen LogP contribution in [0.25, 0.3) is 0 Å². The molecular weight excluding hydrogens is 216 g/mol. The van der Waals surface area contributed by atoms with Gasteiger partial charge in [0.25, 0.3) is 0 Å². The molecule has 2 heterocycles. The summed E-state index contributed by atoms with van der Waals surface area (Å²) >= 11 is 3.49. The van der Waals surface area contributed by atoms with Crippen molar-refractivity contribution in [3.63, 3.8) is 0 Å². The molecule has 78 valence electrons. The van der Waals surface area contributed by atoms with Gasteiger partial charge >= 0.3 is 0 Å². The summed E-state index contributed by atoms with van der Waals surface area (Å²) in [6, 6.07) is 0.638. The predicted octanol–water partition coefficient (Wildman–Crippen LogP) is 1.11. The first-order valence-electron chi connectivity index (χ1n) is 4.73. The Morgan fingerprint density at radius 2 is 2.43 bits per heavy atom. The molecule has 1 aromatic rings. The highest BCUT2D eigenvalue weighted by atomic mass is 32.2. The van der Waals surface area contributed by atoms with Crippen molar-refractivity contribution in [2.45, 2.75) is 25.4 Å². The van der Waals surface area contributed by atoms with E-state index in [1.54, 1.807) is 0 Å². The number of rotatable bonds is 3. The summed E-state index contributed by atoms with van der Waals surface area (Å²) in [7, 11) is 0. The molecule has 1 atom stereocenters. The zero-order chi connectivity index (χ0) is 9.80. The number of nitrogen functional groups attached to an aromatic ring is 1. The van der Waals surface area contributed by atoms with Gasteiger partial charge in [-0.15, -0.1) is 10.2 Å². The second kappa shape index (κ2) is 4.95. The Morgan fingerprint density at radius 1 is 1.50 bits per heavy atom. The lowest BCUT2D eigenvalue weighted by Crippen LogP contribution is -2.33. The summed E-state index contributed by atoms with van der Waals surface area (Å²) < 4.78 is 0. The molecular formula is C8H14N4S2. The zero-order valence-electron chi connectivity index (χ0n) is 7.90. The number of hydrogen-bond acceptors (Lipinski definition) is 6. The number of nitrogens with one attached hydrogen (secondary N) is 1. The van der Waals surface area contributed by atoms with Gasteiger partial charge in [0.2, 0.25) is 5.13 Å². The molecule has 1 saturated heterocycles. The van der Waals surface area contributed by atoms with Gasteiger partial charge in [-0.2, -0.15) is 11.8 Å². The van der Waals surface area contributed by atoms with Crippen molar-refractivity contribution in [1.29, 1.82) is 0 Å². The quantitative estimate of drug-likeness (QED) is 0.814. The molecule has 1 unspecified atom stereocenters. The van der Waals surface area contributed by atoms with Crippen molar-refractivity contribution in [2.75, 3.05) is 17.2 Å². The van der Waals surface area contributed by atoms with Crippen LogP contribution < -0.4 is 11.1 Å². The molecule has 3 N–H and O–H groups in total. The molecule has 1 fully saturated rings. The topological polar surface area (TPSA) is 63.8 Å². The van der Waals surface area contributed by atoms with Crippen LogP contribution in [0, 0.1) is 0 Å². The van der Waals surface area contributed by atoms with Crippen LogP contribution in [-0.4, -0.2) is 27.7 Å². The van der Waals surface area contributed by atoms with E-state index in [2.05, 4.69) is 15.5 Å². The van der Waals surface area contributed by atoms with Crippen LogP contribution in [0.2, 0.25) is 0 Å². The molecule has 1 aromatic heterocycles. The second-order valence-electron chi connectivity index (χ2n) is 3.33. The SMILES string of the molecule is Nc1nnc(CNC2CCCSC2)s1. The maximum atomic E-state index is 5.50. The van der Waals surface area contributed by atoms with E-state index in [1.165, 1.54) is 35.7 Å². The van der Waals surface area contributed by atoms with Gasteiger partial charge in [0, 0.05) is 11.8 Å². The summed E-state index contributed by atoms with van der Waals surface area (Å²) in [4.78, 5) is 0. The number of hydrogen-bond donors (Lipinski definition) is 2. The molecule has 14 heavy (non-hydrogen) atoms. The molecule has 1 aliphatic heterocycles. The Kier molecular flexibility index (Phi) is 3.61. The van der Waals surface area contributed by atoms with Gasteiger partial charge in [-0.05, 0) is 18.6 Å². The molecule has 0 spiro atoms. The van der Waals surface area contributed by atoms with Gasteiger partial charge in [0.1, 0.15) is 5.01 Å². The summed E-state index contributed by atoms with van der Waals surface area (Å²) in [6.45, 7) is 0.806. The zero-order valence-corrected chi connectivity index (χ0v) is 9.53. The third-order valence-electron chi connectivity index (χ3n) is 2.18. The monoisotopic (exact) mass is 230 g/mol. The van der Waals surface area contributed by atoms with Gasteiger partial charge < -0.3 is 11.1 Å². The highest BCUT2D eigenvalue weighted by Crippen LogP contribution is 2.18. The van der Waals surface area contributed by atoms with E-state index in [0.29, 0.717) is 11.2 Å². The van der Waals surface area contributed by atoms with Crippen LogP contribution in [0.5, 0.6) is 0 Å². The van der Waals surface area contributed by atoms with Gasteiger partial charge in [-0.25, -0.2) is 0 Å². The van der Waals surface area contributed by atoms with Crippen molar-refractivity contribution in [1.82, 2.24) is 15.5 Å². The molecule has 0 aromatic carbocycles. The molecule has 1 aliphatic rings. The Bertz CT molecular complexity index is 283. The first-order chi connectivity index (χ1) is 6.84. The lowest BCUT2D eigenvalue weighted by molar-refractivity contribution is 0.506. The molecule has 0 saturated carbocycles. The predicted molar refractivity (Wildman–Crippen MR) is 61.5 cm³/mol. The van der Waals surface area contributed by atoms with Gasteiger partial charge in [0.05, 0.1) is 6.54 Å². The first kappa shape index (κ1) is 10.2. The van der Waals surface area contributed by atoms with E-state index in [1.807, 2.05) is 11.8 Å². The van der Waals surface area contributed by atoms with Gasteiger partial charge in [-0.1, -0.05) is 11.3 Å². The van der Waals surface area contributed by atoms with Crippen LogP contribution in [0.1, 0.15) is 17.8 Å². The normalized spacial score (nSPS) is 22.4. The Labute approximate surface area is 91.7 Å². The molecule has 0 radical (unpaired) electrons. The minimum absolute atomic E-state index is 0.555. The van der Waals surface area contributed by atoms with E-state index in [0.717, 1.165) is 11.6 Å². The minimum atomic E-state index is 0.555. The number of aromatic nitrogens is 2. The van der Waals surface area contributed by atoms with Crippen LogP contribution in [0.4, 0.5) is 5.13 Å². The third kappa shape index (κ3) is 2.83. The highest BCUT2D eigenvalue weighted by Gasteiger charge is 2.13. The standard InChI is InChI=1S/C8H14N4S2/c9-8-12-11-7(14-8)4-10-6-2-1-3-13-5-6/h6,10H,1-5H2,(H2,9,12). The maximum absolute atomic E-state index is 5.50. The Morgan fingerprint density at radius 3 is 3.07 bits per heavy atom. The summed E-state index contributed by atoms with van der Waals surface area (Å²) in [5.74, 6) is 2.53. The van der Waals surface area contributed by atoms with Crippen molar-refractivity contribution >= 4 is 28.2 Å². The van der Waals surface area contributed by atoms with Crippen molar-refractivity contribution in [2.24, 2.45) is 0 Å². The number of nitrogens with zero attached hydrogens (tertiary/aromatic N) is 2. The smallest absolute Gasteiger partial charge is 0.203 e. The lowest BCUT2D eigenvalue weighted by Gasteiger charge is -2.21. The van der Waals surface area contributed by atoms with E-state index in [-0.39, 0.29) is 0 Å². The van der Waals surface area contributed by atoms with E-state index < -0.39 is 0 Å². The average molecular weight is 230 g/mol. The largest absolute Gasteiger partial charge is 0.374 e. The fourth-order valence-corrected chi connectivity index (χ4v) is 3.14. The Balaban J connectivity index is 1.76. The van der Waals surface area contributed by atoms with Crippen LogP contribution in [0.3, 0.4) is 0 Å². The summed E-state index contributed by atoms with van der Waals surface area (Å²) in [5.41, 5.74) is 5.50. The fraction of sp³-hybridized carbons (Fsp3) is 0.750. The van der Waals surface area contributed by atoms with Gasteiger partial charge in [0.15, 0.2) is 0 Å². The molecule has 4 nitrogen and oxygen atoms in total. The van der Waals surface area contributed by atoms with Crippen molar-refractivity contribution in [3.8, 4) is 0 Å². The van der Waals surface area contributed by atoms with Crippen LogP contribution >= 0.6 is 23.1 Å². The molecule has 0 amide bonds. The average Bonchev–Trinajstić information content (AvgIpc) is 2.63. The van der Waals surface area contributed by atoms with E-state index in [4.69, 9.17) is 5.73 Å². The van der Waals surface area contributed by atoms with Crippen molar-refractivity contribution < 1.29 is 0 Å². The lowest BCUT2D eigenvalue weighted by atomic mass is 10.2.